The molecular formula is C38H58O4Si. The molecule has 0 aromatic heterocycles. The van der Waals surface area contributed by atoms with Crippen molar-refractivity contribution in [3.05, 3.63) is 60.7 Å². The smallest absolute Gasteiger partial charge is 0.308 e. The molecular weight excluding hydrogens is 549 g/mol. The number of hydrogen-bond donors (Lipinski definition) is 0. The van der Waals surface area contributed by atoms with E-state index < -0.39 is 8.32 Å². The summed E-state index contributed by atoms with van der Waals surface area (Å²) in [6.07, 6.45) is 12.0. The number of carbonyl (C=O) groups is 1. The molecule has 0 amide bonds. The van der Waals surface area contributed by atoms with Gasteiger partial charge in [0.05, 0.1) is 12.5 Å². The minimum absolute atomic E-state index is 0.0214. The molecule has 2 aromatic rings. The second kappa shape index (κ2) is 15.9. The summed E-state index contributed by atoms with van der Waals surface area (Å²) in [6, 6.07) is 21.9. The van der Waals surface area contributed by atoms with Gasteiger partial charge in [-0.25, -0.2) is 0 Å². The van der Waals surface area contributed by atoms with E-state index in [1.807, 2.05) is 0 Å². The molecule has 5 heteroatoms. The molecule has 43 heavy (non-hydrogen) atoms. The van der Waals surface area contributed by atoms with E-state index in [0.717, 1.165) is 32.3 Å². The first-order chi connectivity index (χ1) is 20.6. The van der Waals surface area contributed by atoms with Crippen molar-refractivity contribution in [1.29, 1.82) is 0 Å². The van der Waals surface area contributed by atoms with E-state index in [1.54, 1.807) is 0 Å². The highest BCUT2D eigenvalue weighted by molar-refractivity contribution is 6.99. The Morgan fingerprint density at radius 1 is 0.860 bits per heavy atom. The summed E-state index contributed by atoms with van der Waals surface area (Å²) in [6.45, 7) is 14.8. The Morgan fingerprint density at radius 2 is 1.44 bits per heavy atom. The van der Waals surface area contributed by atoms with Gasteiger partial charge in [0, 0.05) is 12.5 Å². The molecule has 2 aromatic carbocycles. The first-order valence-corrected chi connectivity index (χ1v) is 19.1. The lowest BCUT2D eigenvalue weighted by Gasteiger charge is -2.43. The molecule has 1 aliphatic carbocycles. The summed E-state index contributed by atoms with van der Waals surface area (Å²) < 4.78 is 19.3. The monoisotopic (exact) mass is 606 g/mol. The van der Waals surface area contributed by atoms with Crippen molar-refractivity contribution in [2.45, 2.75) is 130 Å². The summed E-state index contributed by atoms with van der Waals surface area (Å²) in [5.41, 5.74) is 0. The standard InChI is InChI=1S/C38H58O4Si/c1-29(2)34-25-24-30(3)27-35(34)41-37-31(28-36(39)42-37)19-13-9-7-8-10-18-26-40-43(38(4,5)6,32-20-14-11-15-21-32)33-22-16-12-17-23-33/h11-12,14-17,20-23,29-31,34-35,37H,7-10,13,18-19,24-28H2,1-6H3/t30-,31-,34+,35-,37+/m1/s1. The van der Waals surface area contributed by atoms with Crippen molar-refractivity contribution in [3.63, 3.8) is 0 Å². The fourth-order valence-electron chi connectivity index (χ4n) is 7.61. The van der Waals surface area contributed by atoms with Crippen LogP contribution in [0, 0.1) is 23.7 Å². The predicted molar refractivity (Wildman–Crippen MR) is 180 cm³/mol. The van der Waals surface area contributed by atoms with E-state index >= 15 is 0 Å². The quantitative estimate of drug-likeness (QED) is 0.116. The second-order valence-corrected chi connectivity index (χ2v) is 19.1. The van der Waals surface area contributed by atoms with E-state index in [2.05, 4.69) is 102 Å². The Balaban J connectivity index is 1.21. The van der Waals surface area contributed by atoms with Crippen LogP contribution in [0.2, 0.25) is 5.04 Å². The second-order valence-electron chi connectivity index (χ2n) is 14.7. The summed E-state index contributed by atoms with van der Waals surface area (Å²) in [7, 11) is -2.44. The minimum atomic E-state index is -2.44. The molecule has 2 aliphatic rings. The van der Waals surface area contributed by atoms with Gasteiger partial charge in [-0.3, -0.25) is 4.79 Å². The summed E-state index contributed by atoms with van der Waals surface area (Å²) in [5, 5.41) is 2.72. The molecule has 0 bridgehead atoms. The van der Waals surface area contributed by atoms with Gasteiger partial charge in [0.25, 0.3) is 8.32 Å². The van der Waals surface area contributed by atoms with Crippen LogP contribution in [0.1, 0.15) is 112 Å². The number of benzene rings is 2. The maximum atomic E-state index is 12.2. The third-order valence-corrected chi connectivity index (χ3v) is 15.1. The van der Waals surface area contributed by atoms with Gasteiger partial charge in [-0.2, -0.15) is 0 Å². The van der Waals surface area contributed by atoms with E-state index in [-0.39, 0.29) is 29.3 Å². The van der Waals surface area contributed by atoms with Crippen LogP contribution in [-0.2, 0) is 18.7 Å². The normalized spacial score (nSPS) is 24.8. The predicted octanol–water partition coefficient (Wildman–Crippen LogP) is 8.66. The van der Waals surface area contributed by atoms with Gasteiger partial charge in [0.15, 0.2) is 0 Å². The fourth-order valence-corrected chi connectivity index (χ4v) is 12.2. The van der Waals surface area contributed by atoms with Crippen LogP contribution in [0.5, 0.6) is 0 Å². The van der Waals surface area contributed by atoms with Crippen LogP contribution in [0.3, 0.4) is 0 Å². The van der Waals surface area contributed by atoms with Gasteiger partial charge in [0.1, 0.15) is 0 Å². The third-order valence-electron chi connectivity index (χ3n) is 10.0. The number of ether oxygens (including phenoxy) is 2. The molecule has 0 spiro atoms. The summed E-state index contributed by atoms with van der Waals surface area (Å²) in [4.78, 5) is 12.2. The average Bonchev–Trinajstić information content (AvgIpc) is 3.32. The van der Waals surface area contributed by atoms with Crippen LogP contribution in [0.4, 0.5) is 0 Å². The number of rotatable bonds is 15. The van der Waals surface area contributed by atoms with Gasteiger partial charge in [-0.1, -0.05) is 141 Å². The molecule has 4 rings (SSSR count). The van der Waals surface area contributed by atoms with Gasteiger partial charge < -0.3 is 13.9 Å². The van der Waals surface area contributed by atoms with Crippen LogP contribution in [-0.4, -0.2) is 33.3 Å². The largest absolute Gasteiger partial charge is 0.435 e. The Labute approximate surface area is 263 Å². The zero-order valence-corrected chi connectivity index (χ0v) is 28.9. The highest BCUT2D eigenvalue weighted by Gasteiger charge is 2.50. The molecule has 5 atom stereocenters. The molecule has 1 saturated heterocycles. The highest BCUT2D eigenvalue weighted by atomic mass is 28.4. The number of hydrogen-bond acceptors (Lipinski definition) is 4. The van der Waals surface area contributed by atoms with Crippen LogP contribution < -0.4 is 10.4 Å². The van der Waals surface area contributed by atoms with Gasteiger partial charge in [0.2, 0.25) is 6.29 Å². The van der Waals surface area contributed by atoms with Gasteiger partial charge >= 0.3 is 5.97 Å². The van der Waals surface area contributed by atoms with Gasteiger partial charge in [-0.05, 0) is 58.8 Å². The van der Waals surface area contributed by atoms with E-state index in [1.165, 1.54) is 48.9 Å². The Hall–Kier alpha value is -1.95. The van der Waals surface area contributed by atoms with E-state index in [4.69, 9.17) is 13.9 Å². The maximum absolute atomic E-state index is 12.2. The average molecular weight is 607 g/mol. The molecule has 0 radical (unpaired) electrons. The van der Waals surface area contributed by atoms with Crippen LogP contribution >= 0.6 is 0 Å². The summed E-state index contributed by atoms with van der Waals surface area (Å²) >= 11 is 0. The van der Waals surface area contributed by atoms with Crippen molar-refractivity contribution in [1.82, 2.24) is 0 Å². The number of esters is 1. The molecule has 1 saturated carbocycles. The van der Waals surface area contributed by atoms with Crippen LogP contribution in [0.25, 0.3) is 0 Å². The molecule has 4 nitrogen and oxygen atoms in total. The lowest BCUT2D eigenvalue weighted by atomic mass is 9.75. The SMILES string of the molecule is CC(C)[C@@H]1CC[C@@H](C)C[C@H]1O[C@H]1OC(=O)C[C@H]1CCCCCCCCO[Si](c1ccccc1)(c1ccccc1)C(C)(C)C. The van der Waals surface area contributed by atoms with Crippen molar-refractivity contribution in [3.8, 4) is 0 Å². The number of unbranched alkanes of at least 4 members (excludes halogenated alkanes) is 5. The third kappa shape index (κ3) is 8.83. The van der Waals surface area contributed by atoms with Crippen molar-refractivity contribution in [2.75, 3.05) is 6.61 Å². The fraction of sp³-hybridized carbons (Fsp3) is 0.658. The number of cyclic esters (lactones) is 1. The topological polar surface area (TPSA) is 44.8 Å². The molecule has 0 unspecified atom stereocenters. The summed E-state index contributed by atoms with van der Waals surface area (Å²) in [5.74, 6) is 1.97. The lowest BCUT2D eigenvalue weighted by Crippen LogP contribution is -2.66. The Morgan fingerprint density at radius 3 is 2.02 bits per heavy atom. The van der Waals surface area contributed by atoms with Crippen molar-refractivity contribution in [2.24, 2.45) is 23.7 Å². The van der Waals surface area contributed by atoms with Gasteiger partial charge in [-0.15, -0.1) is 0 Å². The van der Waals surface area contributed by atoms with Crippen LogP contribution in [0.15, 0.2) is 60.7 Å². The minimum Gasteiger partial charge on any atom is -0.435 e. The lowest BCUT2D eigenvalue weighted by molar-refractivity contribution is -0.196. The number of carbonyl (C=O) groups excluding carboxylic acids is 1. The Bertz CT molecular complexity index is 1060. The first-order valence-electron chi connectivity index (χ1n) is 17.2. The van der Waals surface area contributed by atoms with E-state index in [9.17, 15) is 4.79 Å². The molecule has 0 N–H and O–H groups in total. The van der Waals surface area contributed by atoms with E-state index in [0.29, 0.717) is 24.2 Å². The molecule has 2 fully saturated rings. The molecule has 1 aliphatic heterocycles. The highest BCUT2D eigenvalue weighted by Crippen LogP contribution is 2.39. The van der Waals surface area contributed by atoms with Crippen molar-refractivity contribution >= 4 is 24.7 Å². The zero-order chi connectivity index (χ0) is 30.9. The maximum Gasteiger partial charge on any atom is 0.308 e. The Kier molecular flexibility index (Phi) is 12.5. The zero-order valence-electron chi connectivity index (χ0n) is 27.9. The first kappa shape index (κ1) is 33.9. The van der Waals surface area contributed by atoms with Crippen molar-refractivity contribution < 1.29 is 18.7 Å². The molecule has 238 valence electrons. The molecule has 1 heterocycles.